The Balaban J connectivity index is 2.82. The molecule has 0 aliphatic heterocycles. The van der Waals surface area contributed by atoms with E-state index in [4.69, 9.17) is 28.3 Å². The molecule has 1 aromatic heterocycles. The molecule has 0 amide bonds. The van der Waals surface area contributed by atoms with Gasteiger partial charge >= 0.3 is 0 Å². The van der Waals surface area contributed by atoms with Crippen LogP contribution in [0.2, 0.25) is 10.6 Å². The number of unbranched alkanes of at least 4 members (excludes halogenated alkanes) is 1. The highest BCUT2D eigenvalue weighted by molar-refractivity contribution is 6.31. The summed E-state index contributed by atoms with van der Waals surface area (Å²) in [7, 11) is 0. The summed E-state index contributed by atoms with van der Waals surface area (Å²) in [5, 5.41) is 9.09. The smallest absolute Gasteiger partial charge is 0.231 e. The molecule has 1 heterocycles. The number of aliphatic hydroxyl groups is 1. The molecule has 5 nitrogen and oxygen atoms in total. The molecule has 7 heteroatoms. The average Bonchev–Trinajstić information content (AvgIpc) is 2.22. The number of nitrogens with zero attached hydrogens (tertiary/aromatic N) is 4. The van der Waals surface area contributed by atoms with Gasteiger partial charge in [-0.2, -0.15) is 15.0 Å². The summed E-state index contributed by atoms with van der Waals surface area (Å²) >= 11 is 11.4. The zero-order chi connectivity index (χ0) is 12.0. The second kappa shape index (κ2) is 6.83. The van der Waals surface area contributed by atoms with E-state index in [2.05, 4.69) is 21.9 Å². The molecule has 0 bridgehead atoms. The van der Waals surface area contributed by atoms with E-state index in [0.717, 1.165) is 19.4 Å². The van der Waals surface area contributed by atoms with E-state index in [1.165, 1.54) is 0 Å². The van der Waals surface area contributed by atoms with Gasteiger partial charge in [0.1, 0.15) is 0 Å². The topological polar surface area (TPSA) is 62.1 Å². The molecule has 0 atom stereocenters. The summed E-state index contributed by atoms with van der Waals surface area (Å²) in [6.45, 7) is 3.33. The second-order valence-electron chi connectivity index (χ2n) is 3.24. The lowest BCUT2D eigenvalue weighted by Gasteiger charge is -2.21. The minimum Gasteiger partial charge on any atom is -0.395 e. The molecule has 16 heavy (non-hydrogen) atoms. The normalized spacial score (nSPS) is 10.5. The number of hydrogen-bond acceptors (Lipinski definition) is 5. The number of aromatic nitrogens is 3. The van der Waals surface area contributed by atoms with Crippen LogP contribution in [0.4, 0.5) is 5.95 Å². The molecular formula is C9H14Cl2N4O. The van der Waals surface area contributed by atoms with Gasteiger partial charge in [0, 0.05) is 13.1 Å². The fourth-order valence-electron chi connectivity index (χ4n) is 1.24. The Bertz CT molecular complexity index is 317. The van der Waals surface area contributed by atoms with Gasteiger partial charge in [0.25, 0.3) is 0 Å². The zero-order valence-corrected chi connectivity index (χ0v) is 10.5. The Morgan fingerprint density at radius 2 is 1.75 bits per heavy atom. The Hall–Kier alpha value is -0.650. The van der Waals surface area contributed by atoms with Crippen LogP contribution < -0.4 is 4.90 Å². The lowest BCUT2D eigenvalue weighted by molar-refractivity contribution is 0.301. The van der Waals surface area contributed by atoms with Crippen molar-refractivity contribution in [2.24, 2.45) is 0 Å². The van der Waals surface area contributed by atoms with Gasteiger partial charge < -0.3 is 10.0 Å². The maximum Gasteiger partial charge on any atom is 0.231 e. The van der Waals surface area contributed by atoms with E-state index in [1.807, 2.05) is 4.90 Å². The minimum absolute atomic E-state index is 0.0324. The lowest BCUT2D eigenvalue weighted by Crippen LogP contribution is -2.29. The maximum absolute atomic E-state index is 8.96. The summed E-state index contributed by atoms with van der Waals surface area (Å²) in [6.07, 6.45) is 2.04. The molecule has 1 rings (SSSR count). The second-order valence-corrected chi connectivity index (χ2v) is 3.91. The van der Waals surface area contributed by atoms with Crippen molar-refractivity contribution in [1.29, 1.82) is 0 Å². The number of halogens is 2. The summed E-state index contributed by atoms with van der Waals surface area (Å²) < 4.78 is 0. The van der Waals surface area contributed by atoms with Crippen molar-refractivity contribution in [3.05, 3.63) is 10.6 Å². The highest BCUT2D eigenvalue weighted by Crippen LogP contribution is 2.14. The van der Waals surface area contributed by atoms with Crippen molar-refractivity contribution in [2.45, 2.75) is 19.8 Å². The first-order valence-corrected chi connectivity index (χ1v) is 5.85. The van der Waals surface area contributed by atoms with Gasteiger partial charge in [-0.3, -0.25) is 0 Å². The fraction of sp³-hybridized carbons (Fsp3) is 0.667. The van der Waals surface area contributed by atoms with Crippen molar-refractivity contribution >= 4 is 29.2 Å². The third-order valence-corrected chi connectivity index (χ3v) is 2.34. The molecule has 0 spiro atoms. The Morgan fingerprint density at radius 1 is 1.12 bits per heavy atom. The van der Waals surface area contributed by atoms with Gasteiger partial charge in [-0.15, -0.1) is 0 Å². The molecule has 0 saturated carbocycles. The standard InChI is InChI=1S/C9H14Cl2N4O/c1-2-3-4-15(5-6-16)9-13-7(10)12-8(11)14-9/h16H,2-6H2,1H3. The van der Waals surface area contributed by atoms with Crippen LogP contribution in [-0.2, 0) is 0 Å². The number of aliphatic hydroxyl groups excluding tert-OH is 1. The maximum atomic E-state index is 8.96. The molecule has 0 fully saturated rings. The highest BCUT2D eigenvalue weighted by atomic mass is 35.5. The van der Waals surface area contributed by atoms with E-state index in [9.17, 15) is 0 Å². The third-order valence-electron chi connectivity index (χ3n) is 2.00. The molecule has 0 aliphatic carbocycles. The lowest BCUT2D eigenvalue weighted by atomic mass is 10.3. The van der Waals surface area contributed by atoms with Crippen molar-refractivity contribution < 1.29 is 5.11 Å². The largest absolute Gasteiger partial charge is 0.395 e. The first-order valence-electron chi connectivity index (χ1n) is 5.10. The summed E-state index contributed by atoms with van der Waals surface area (Å²) in [6, 6.07) is 0. The van der Waals surface area contributed by atoms with E-state index >= 15 is 0 Å². The quantitative estimate of drug-likeness (QED) is 0.849. The molecule has 0 aromatic carbocycles. The van der Waals surface area contributed by atoms with E-state index in [0.29, 0.717) is 12.5 Å². The Kier molecular flexibility index (Phi) is 5.73. The summed E-state index contributed by atoms with van der Waals surface area (Å²) in [5.41, 5.74) is 0. The highest BCUT2D eigenvalue weighted by Gasteiger charge is 2.11. The van der Waals surface area contributed by atoms with Crippen molar-refractivity contribution in [2.75, 3.05) is 24.6 Å². The van der Waals surface area contributed by atoms with Crippen LogP contribution in [-0.4, -0.2) is 39.8 Å². The van der Waals surface area contributed by atoms with Crippen molar-refractivity contribution in [3.8, 4) is 0 Å². The first kappa shape index (κ1) is 13.4. The van der Waals surface area contributed by atoms with Crippen LogP contribution in [0.25, 0.3) is 0 Å². The summed E-state index contributed by atoms with van der Waals surface area (Å²) in [5.74, 6) is 0.410. The zero-order valence-electron chi connectivity index (χ0n) is 9.03. The van der Waals surface area contributed by atoms with Crippen LogP contribution in [0.5, 0.6) is 0 Å². The van der Waals surface area contributed by atoms with E-state index < -0.39 is 0 Å². The minimum atomic E-state index is 0.0324. The van der Waals surface area contributed by atoms with Gasteiger partial charge in [0.05, 0.1) is 6.61 Å². The van der Waals surface area contributed by atoms with E-state index in [-0.39, 0.29) is 17.2 Å². The summed E-state index contributed by atoms with van der Waals surface area (Å²) in [4.78, 5) is 13.5. The first-order chi connectivity index (χ1) is 7.67. The predicted octanol–water partition coefficient (Wildman–Crippen LogP) is 1.78. The number of anilines is 1. The number of rotatable bonds is 6. The van der Waals surface area contributed by atoms with Gasteiger partial charge in [-0.05, 0) is 29.6 Å². The van der Waals surface area contributed by atoms with Gasteiger partial charge in [-0.25, -0.2) is 0 Å². The van der Waals surface area contributed by atoms with Crippen molar-refractivity contribution in [1.82, 2.24) is 15.0 Å². The molecule has 0 aliphatic rings. The van der Waals surface area contributed by atoms with E-state index in [1.54, 1.807) is 0 Å². The van der Waals surface area contributed by atoms with Gasteiger partial charge in [-0.1, -0.05) is 13.3 Å². The molecule has 90 valence electrons. The monoisotopic (exact) mass is 264 g/mol. The van der Waals surface area contributed by atoms with Gasteiger partial charge in [0.15, 0.2) is 0 Å². The average molecular weight is 265 g/mol. The Labute approximate surface area is 104 Å². The third kappa shape index (κ3) is 4.08. The van der Waals surface area contributed by atoms with Crippen molar-refractivity contribution in [3.63, 3.8) is 0 Å². The molecule has 0 unspecified atom stereocenters. The SMILES string of the molecule is CCCCN(CCO)c1nc(Cl)nc(Cl)n1. The fourth-order valence-corrected chi connectivity index (χ4v) is 1.59. The van der Waals surface area contributed by atoms with Crippen LogP contribution >= 0.6 is 23.2 Å². The Morgan fingerprint density at radius 3 is 2.25 bits per heavy atom. The molecule has 1 aromatic rings. The van der Waals surface area contributed by atoms with Crippen LogP contribution in [0.1, 0.15) is 19.8 Å². The molecular weight excluding hydrogens is 251 g/mol. The predicted molar refractivity (Wildman–Crippen MR) is 64.1 cm³/mol. The van der Waals surface area contributed by atoms with Crippen LogP contribution in [0.3, 0.4) is 0 Å². The van der Waals surface area contributed by atoms with Crippen LogP contribution in [0, 0.1) is 0 Å². The van der Waals surface area contributed by atoms with Gasteiger partial charge in [0.2, 0.25) is 16.5 Å². The molecule has 1 N–H and O–H groups in total. The molecule has 0 saturated heterocycles. The van der Waals surface area contributed by atoms with Crippen LogP contribution in [0.15, 0.2) is 0 Å². The number of hydrogen-bond donors (Lipinski definition) is 1. The molecule has 0 radical (unpaired) electrons.